The molecule has 0 bridgehead atoms. The van der Waals surface area contributed by atoms with Crippen LogP contribution in [0.25, 0.3) is 0 Å². The van der Waals surface area contributed by atoms with Crippen molar-refractivity contribution in [1.29, 1.82) is 0 Å². The maximum Gasteiger partial charge on any atom is 0.248 e. The Morgan fingerprint density at radius 1 is 1.27 bits per heavy atom. The van der Waals surface area contributed by atoms with Gasteiger partial charge in [-0.2, -0.15) is 32.1 Å². The summed E-state index contributed by atoms with van der Waals surface area (Å²) in [5, 5.41) is 10.7. The summed E-state index contributed by atoms with van der Waals surface area (Å²) >= 11 is 0. The van der Waals surface area contributed by atoms with Gasteiger partial charge in [0.25, 0.3) is 0 Å². The molecular weight excluding hydrogens is 466 g/mol. The fourth-order valence-corrected chi connectivity index (χ4v) is 4.90. The largest absolute Gasteiger partial charge is 0.366 e. The monoisotopic (exact) mass is 498 g/mol. The highest BCUT2D eigenvalue weighted by atomic mass is 32.1. The van der Waals surface area contributed by atoms with Crippen molar-refractivity contribution in [3.05, 3.63) is 29.7 Å². The Bertz CT molecular complexity index is 1010. The Morgan fingerprint density at radius 3 is 2.70 bits per heavy atom. The first kappa shape index (κ1) is 25.6. The van der Waals surface area contributed by atoms with Crippen LogP contribution in [-0.2, 0) is 17.9 Å². The fraction of sp³-hybridized carbons (Fsp3) is 0.591. The van der Waals surface area contributed by atoms with E-state index < -0.39 is 5.92 Å². The van der Waals surface area contributed by atoms with E-state index in [-0.39, 0.29) is 57.7 Å². The molecule has 0 saturated heterocycles. The van der Waals surface area contributed by atoms with Gasteiger partial charge in [0.1, 0.15) is 11.9 Å². The fourth-order valence-electron chi connectivity index (χ4n) is 4.90. The summed E-state index contributed by atoms with van der Waals surface area (Å²) in [6, 6.07) is 1.85. The quantitative estimate of drug-likeness (QED) is 0.629. The number of likely N-dealkylation sites (N-methyl/N-ethyl adjacent to an activating group) is 1. The summed E-state index contributed by atoms with van der Waals surface area (Å²) < 4.78 is 28.6. The molecule has 3 heterocycles. The number of carbonyl (C=O) groups is 1. The molecule has 1 amide bonds. The van der Waals surface area contributed by atoms with Crippen LogP contribution in [-0.4, -0.2) is 39.7 Å². The van der Waals surface area contributed by atoms with Crippen LogP contribution in [0.2, 0.25) is 0 Å². The van der Waals surface area contributed by atoms with Gasteiger partial charge in [0, 0.05) is 50.8 Å². The number of rotatable bonds is 6. The molecule has 5 rings (SSSR count). The van der Waals surface area contributed by atoms with Crippen molar-refractivity contribution in [2.24, 2.45) is 11.8 Å². The molecule has 0 unspecified atom stereocenters. The van der Waals surface area contributed by atoms with Gasteiger partial charge >= 0.3 is 0 Å². The normalized spacial score (nSPS) is 23.3. The average molecular weight is 499 g/mol. The van der Waals surface area contributed by atoms with E-state index >= 15 is 0 Å². The molecule has 2 aromatic heterocycles. The highest BCUT2D eigenvalue weighted by Crippen LogP contribution is 2.43. The first-order valence-corrected chi connectivity index (χ1v) is 11.0. The van der Waals surface area contributed by atoms with Gasteiger partial charge in [-0.15, -0.1) is 0 Å². The predicted octanol–water partition coefficient (Wildman–Crippen LogP) is 4.03. The minimum Gasteiger partial charge on any atom is -0.366 e. The van der Waals surface area contributed by atoms with Crippen LogP contribution < -0.4 is 15.5 Å². The van der Waals surface area contributed by atoms with Crippen molar-refractivity contribution >= 4 is 50.1 Å². The van der Waals surface area contributed by atoms with Crippen LogP contribution in [0, 0.1) is 18.8 Å². The Balaban J connectivity index is 0.00000153. The molecule has 0 aromatic carbocycles. The lowest BCUT2D eigenvalue weighted by Crippen LogP contribution is -2.47. The molecule has 2 aliphatic carbocycles. The van der Waals surface area contributed by atoms with Crippen molar-refractivity contribution in [1.82, 2.24) is 14.8 Å². The smallest absolute Gasteiger partial charge is 0.248 e. The number of hydrogen-bond acceptors (Lipinski definition) is 5. The Hall–Kier alpha value is -2.01. The zero-order chi connectivity index (χ0) is 21.8. The number of anilines is 3. The number of aromatic nitrogens is 3. The van der Waals surface area contributed by atoms with Crippen LogP contribution >= 0.6 is 27.0 Å². The second-order valence-electron chi connectivity index (χ2n) is 9.26. The molecule has 0 radical (unpaired) electrons. The average Bonchev–Trinajstić information content (AvgIpc) is 3.34. The van der Waals surface area contributed by atoms with Gasteiger partial charge < -0.3 is 15.5 Å². The summed E-state index contributed by atoms with van der Waals surface area (Å²) in [4.78, 5) is 19.2. The van der Waals surface area contributed by atoms with E-state index in [4.69, 9.17) is 0 Å². The summed E-state index contributed by atoms with van der Waals surface area (Å²) in [7, 11) is 1.97. The number of alkyl halides is 2. The molecular formula is C22H32F2N6OS2. The zero-order valence-electron chi connectivity index (χ0n) is 18.9. The lowest BCUT2D eigenvalue weighted by Gasteiger charge is -2.36. The number of amides is 1. The molecule has 1 aliphatic heterocycles. The summed E-state index contributed by atoms with van der Waals surface area (Å²) in [6.07, 6.45) is 6.33. The first-order valence-electron chi connectivity index (χ1n) is 11.0. The summed E-state index contributed by atoms with van der Waals surface area (Å²) in [5.41, 5.74) is 3.49. The van der Waals surface area contributed by atoms with Crippen molar-refractivity contribution < 1.29 is 13.6 Å². The van der Waals surface area contributed by atoms with E-state index in [9.17, 15) is 13.6 Å². The molecule has 0 spiro atoms. The minimum atomic E-state index is -2.52. The van der Waals surface area contributed by atoms with Gasteiger partial charge in [0.15, 0.2) is 0 Å². The Morgan fingerprint density at radius 2 is 2.03 bits per heavy atom. The standard InChI is InChI=1S/C22H28F2N6O.2H2S/c1-13-19-17(29(2)20(16-3-4-16)21(31)28-19)7-18(27-13)25-9-15-10-26-30(12-15)11-14-5-6-22(23,24)8-14;;/h7,10,12,14,16,20H,3-6,8-9,11H2,1-2H3,(H,25,27)(H,28,31);2*1H2/t14-,20-;;/m0../s1. The van der Waals surface area contributed by atoms with E-state index in [1.807, 2.05) is 26.2 Å². The van der Waals surface area contributed by atoms with Crippen LogP contribution in [0.3, 0.4) is 0 Å². The third-order valence-electron chi connectivity index (χ3n) is 6.67. The van der Waals surface area contributed by atoms with E-state index in [2.05, 4.69) is 25.6 Å². The van der Waals surface area contributed by atoms with Crippen molar-refractivity contribution in [3.8, 4) is 0 Å². The third-order valence-corrected chi connectivity index (χ3v) is 6.67. The topological polar surface area (TPSA) is 75.1 Å². The zero-order valence-corrected chi connectivity index (χ0v) is 20.9. The third kappa shape index (κ3) is 5.40. The first-order chi connectivity index (χ1) is 14.8. The summed E-state index contributed by atoms with van der Waals surface area (Å²) in [6.45, 7) is 2.96. The number of fused-ring (bicyclic) bond motifs is 1. The lowest BCUT2D eigenvalue weighted by molar-refractivity contribution is -0.118. The molecule has 33 heavy (non-hydrogen) atoms. The van der Waals surface area contributed by atoms with E-state index in [1.165, 1.54) is 0 Å². The van der Waals surface area contributed by atoms with Crippen molar-refractivity contribution in [2.45, 2.75) is 64.1 Å². The van der Waals surface area contributed by atoms with Crippen LogP contribution in [0.5, 0.6) is 0 Å². The number of nitrogens with zero attached hydrogens (tertiary/aromatic N) is 4. The van der Waals surface area contributed by atoms with Crippen LogP contribution in [0.1, 0.15) is 43.4 Å². The van der Waals surface area contributed by atoms with Crippen molar-refractivity contribution in [2.75, 3.05) is 22.6 Å². The lowest BCUT2D eigenvalue weighted by atomic mass is 10.0. The summed E-state index contributed by atoms with van der Waals surface area (Å²) in [5.74, 6) is -1.34. The number of carbonyl (C=O) groups excluding carboxylic acids is 1. The van der Waals surface area contributed by atoms with Gasteiger partial charge in [-0.1, -0.05) is 0 Å². The van der Waals surface area contributed by atoms with Gasteiger partial charge in [-0.3, -0.25) is 9.48 Å². The molecule has 2 saturated carbocycles. The van der Waals surface area contributed by atoms with Crippen molar-refractivity contribution in [3.63, 3.8) is 0 Å². The molecule has 7 nitrogen and oxygen atoms in total. The number of aryl methyl sites for hydroxylation is 1. The van der Waals surface area contributed by atoms with Crippen LogP contribution in [0.15, 0.2) is 18.5 Å². The molecule has 3 aliphatic rings. The maximum absolute atomic E-state index is 13.4. The maximum atomic E-state index is 13.4. The molecule has 11 heteroatoms. The van der Waals surface area contributed by atoms with Gasteiger partial charge in [-0.05, 0) is 38.0 Å². The van der Waals surface area contributed by atoms with Gasteiger partial charge in [0.05, 0.1) is 23.3 Å². The molecule has 2 fully saturated rings. The van der Waals surface area contributed by atoms with Crippen LogP contribution in [0.4, 0.5) is 26.0 Å². The second kappa shape index (κ2) is 9.69. The molecule has 2 aromatic rings. The number of pyridine rings is 1. The predicted molar refractivity (Wildman–Crippen MR) is 135 cm³/mol. The Labute approximate surface area is 206 Å². The van der Waals surface area contributed by atoms with Gasteiger partial charge in [0.2, 0.25) is 11.8 Å². The highest BCUT2D eigenvalue weighted by Gasteiger charge is 2.43. The second-order valence-corrected chi connectivity index (χ2v) is 9.26. The van der Waals surface area contributed by atoms with E-state index in [0.29, 0.717) is 25.4 Å². The molecule has 182 valence electrons. The van der Waals surface area contributed by atoms with E-state index in [1.54, 1.807) is 10.9 Å². The van der Waals surface area contributed by atoms with Gasteiger partial charge in [-0.25, -0.2) is 13.8 Å². The number of hydrogen-bond donors (Lipinski definition) is 2. The number of halogens is 2. The SMILES string of the molecule is Cc1nc(NCc2cnn(C[C@H]3CCC(F)(F)C3)c2)cc2c1NC(=O)[C@H](C1CC1)N2C.S.S. The minimum absolute atomic E-state index is 0. The number of nitrogens with one attached hydrogen (secondary N) is 2. The van der Waals surface area contributed by atoms with E-state index in [0.717, 1.165) is 41.3 Å². The highest BCUT2D eigenvalue weighted by molar-refractivity contribution is 7.59. The Kier molecular flexibility index (Phi) is 7.52. The molecule has 2 N–H and O–H groups in total. The molecule has 2 atom stereocenters.